The normalized spacial score (nSPS) is 14.1. The van der Waals surface area contributed by atoms with Gasteiger partial charge in [0.25, 0.3) is 0 Å². The Bertz CT molecular complexity index is 2880. The van der Waals surface area contributed by atoms with E-state index in [1.165, 1.54) is 5.56 Å². The SMILES string of the molecule is N#Cc1ccc(-c2ccc(C3C=CC(n4c5ccccc5c5cc(C#N)ccc54)=CC3)cc2)c(-n2c3ccccc3c3cc(C#N)ccc32)c1. The van der Waals surface area contributed by atoms with E-state index in [2.05, 4.69) is 100 Å². The molecule has 5 heteroatoms. The number of allylic oxidation sites excluding steroid dienone is 4. The van der Waals surface area contributed by atoms with Gasteiger partial charge in [0.15, 0.2) is 0 Å². The molecule has 0 amide bonds. The molecule has 2 aromatic heterocycles. The molecule has 0 radical (unpaired) electrons. The largest absolute Gasteiger partial charge is 0.310 e. The number of hydrogen-bond donors (Lipinski definition) is 0. The number of benzene rings is 6. The molecule has 1 aliphatic rings. The summed E-state index contributed by atoms with van der Waals surface area (Å²) in [6, 6.07) is 49.8. The third kappa shape index (κ3) is 4.52. The fraction of sp³-hybridized carbons (Fsp3) is 0.0444. The van der Waals surface area contributed by atoms with Crippen LogP contribution < -0.4 is 0 Å². The molecule has 9 rings (SSSR count). The van der Waals surface area contributed by atoms with E-state index in [-0.39, 0.29) is 5.92 Å². The summed E-state index contributed by atoms with van der Waals surface area (Å²) in [5.74, 6) is 0.234. The summed E-state index contributed by atoms with van der Waals surface area (Å²) in [5.41, 5.74) is 11.5. The lowest BCUT2D eigenvalue weighted by atomic mass is 9.90. The van der Waals surface area contributed by atoms with Gasteiger partial charge in [-0.2, -0.15) is 15.8 Å². The maximum atomic E-state index is 9.88. The molecule has 232 valence electrons. The van der Waals surface area contributed by atoms with E-state index in [0.717, 1.165) is 72.5 Å². The quantitative estimate of drug-likeness (QED) is 0.193. The van der Waals surface area contributed by atoms with Gasteiger partial charge in [0.1, 0.15) is 0 Å². The Morgan fingerprint density at radius 3 is 1.66 bits per heavy atom. The van der Waals surface area contributed by atoms with Crippen LogP contribution in [-0.2, 0) is 0 Å². The Balaban J connectivity index is 1.08. The lowest BCUT2D eigenvalue weighted by molar-refractivity contribution is 0.850. The van der Waals surface area contributed by atoms with Crippen molar-refractivity contribution in [2.45, 2.75) is 12.3 Å². The van der Waals surface area contributed by atoms with Gasteiger partial charge < -0.3 is 9.13 Å². The first-order valence-electron chi connectivity index (χ1n) is 16.6. The maximum absolute atomic E-state index is 9.88. The number of para-hydroxylation sites is 2. The van der Waals surface area contributed by atoms with Gasteiger partial charge >= 0.3 is 0 Å². The van der Waals surface area contributed by atoms with Gasteiger partial charge in [-0.1, -0.05) is 78.9 Å². The molecule has 50 heavy (non-hydrogen) atoms. The molecule has 0 aliphatic heterocycles. The zero-order valence-corrected chi connectivity index (χ0v) is 26.9. The first-order valence-corrected chi connectivity index (χ1v) is 16.6. The number of rotatable bonds is 4. The number of nitrogens with zero attached hydrogens (tertiary/aromatic N) is 5. The van der Waals surface area contributed by atoms with E-state index in [9.17, 15) is 15.8 Å². The van der Waals surface area contributed by atoms with E-state index in [1.54, 1.807) is 0 Å². The lowest BCUT2D eigenvalue weighted by Crippen LogP contribution is -2.03. The van der Waals surface area contributed by atoms with Crippen LogP contribution in [0.5, 0.6) is 0 Å². The highest BCUT2D eigenvalue weighted by atomic mass is 15.0. The van der Waals surface area contributed by atoms with Gasteiger partial charge in [-0.15, -0.1) is 0 Å². The summed E-state index contributed by atoms with van der Waals surface area (Å²) in [6.07, 6.45) is 7.67. The van der Waals surface area contributed by atoms with Crippen LogP contribution in [0.3, 0.4) is 0 Å². The molecule has 0 bridgehead atoms. The van der Waals surface area contributed by atoms with Crippen molar-refractivity contribution in [3.63, 3.8) is 0 Å². The Labute approximate surface area is 288 Å². The average molecular weight is 638 g/mol. The molecule has 0 N–H and O–H groups in total. The molecule has 6 aromatic carbocycles. The third-order valence-corrected chi connectivity index (χ3v) is 9.96. The molecule has 0 saturated heterocycles. The lowest BCUT2D eigenvalue weighted by Gasteiger charge is -2.19. The van der Waals surface area contributed by atoms with Crippen LogP contribution in [0.4, 0.5) is 0 Å². The van der Waals surface area contributed by atoms with Crippen molar-refractivity contribution in [3.05, 3.63) is 168 Å². The summed E-state index contributed by atoms with van der Waals surface area (Å²) >= 11 is 0. The minimum absolute atomic E-state index is 0.234. The Hall–Kier alpha value is -7.13. The van der Waals surface area contributed by atoms with E-state index >= 15 is 0 Å². The Morgan fingerprint density at radius 1 is 0.520 bits per heavy atom. The van der Waals surface area contributed by atoms with Crippen molar-refractivity contribution >= 4 is 49.3 Å². The Kier molecular flexibility index (Phi) is 6.70. The number of hydrogen-bond acceptors (Lipinski definition) is 3. The van der Waals surface area contributed by atoms with Gasteiger partial charge in [0.05, 0.1) is 62.7 Å². The smallest absolute Gasteiger partial charge is 0.0992 e. The van der Waals surface area contributed by atoms with Crippen molar-refractivity contribution in [3.8, 4) is 35.0 Å². The highest BCUT2D eigenvalue weighted by Gasteiger charge is 2.19. The minimum atomic E-state index is 0.234. The highest BCUT2D eigenvalue weighted by Crippen LogP contribution is 2.39. The van der Waals surface area contributed by atoms with Gasteiger partial charge in [0, 0.05) is 38.7 Å². The first-order chi connectivity index (χ1) is 24.6. The summed E-state index contributed by atoms with van der Waals surface area (Å²) in [7, 11) is 0. The fourth-order valence-electron chi connectivity index (χ4n) is 7.58. The summed E-state index contributed by atoms with van der Waals surface area (Å²) in [5, 5.41) is 33.3. The van der Waals surface area contributed by atoms with E-state index < -0.39 is 0 Å². The Morgan fingerprint density at radius 2 is 1.06 bits per heavy atom. The second-order valence-electron chi connectivity index (χ2n) is 12.7. The maximum Gasteiger partial charge on any atom is 0.0992 e. The molecule has 0 saturated carbocycles. The molecule has 5 nitrogen and oxygen atoms in total. The van der Waals surface area contributed by atoms with Gasteiger partial charge in [0.2, 0.25) is 0 Å². The average Bonchev–Trinajstić information content (AvgIpc) is 3.70. The number of fused-ring (bicyclic) bond motifs is 6. The third-order valence-electron chi connectivity index (χ3n) is 9.96. The van der Waals surface area contributed by atoms with Crippen molar-refractivity contribution in [1.29, 1.82) is 15.8 Å². The molecule has 1 atom stereocenters. The van der Waals surface area contributed by atoms with Crippen LogP contribution in [0.25, 0.3) is 66.1 Å². The van der Waals surface area contributed by atoms with Crippen LogP contribution >= 0.6 is 0 Å². The van der Waals surface area contributed by atoms with Gasteiger partial charge in [-0.3, -0.25) is 0 Å². The van der Waals surface area contributed by atoms with Crippen molar-refractivity contribution in [1.82, 2.24) is 9.13 Å². The standard InChI is InChI=1S/C45H27N5/c46-26-29-10-21-43-39(23-29)37-5-1-3-7-41(37)49(43)35-18-16-33(17-19-35)32-12-14-34(15-13-32)36-20-9-31(28-48)25-45(36)50-42-8-4-2-6-38(42)40-24-30(27-47)11-22-44(40)50/h1-16,18-25,33H,17H2. The van der Waals surface area contributed by atoms with Crippen molar-refractivity contribution in [2.24, 2.45) is 0 Å². The second-order valence-corrected chi connectivity index (χ2v) is 12.7. The molecular weight excluding hydrogens is 611 g/mol. The summed E-state index contributed by atoms with van der Waals surface area (Å²) in [6.45, 7) is 0. The number of nitriles is 3. The predicted octanol–water partition coefficient (Wildman–Crippen LogP) is 10.8. The summed E-state index contributed by atoms with van der Waals surface area (Å²) in [4.78, 5) is 0. The first kappa shape index (κ1) is 29.0. The van der Waals surface area contributed by atoms with Crippen molar-refractivity contribution < 1.29 is 0 Å². The molecule has 0 spiro atoms. The van der Waals surface area contributed by atoms with E-state index in [4.69, 9.17) is 0 Å². The van der Waals surface area contributed by atoms with Gasteiger partial charge in [-0.25, -0.2) is 0 Å². The molecule has 1 unspecified atom stereocenters. The topological polar surface area (TPSA) is 81.2 Å². The second kappa shape index (κ2) is 11.5. The van der Waals surface area contributed by atoms with Crippen LogP contribution in [0, 0.1) is 34.0 Å². The zero-order valence-electron chi connectivity index (χ0n) is 26.9. The van der Waals surface area contributed by atoms with E-state index in [1.807, 2.05) is 72.8 Å². The molecule has 1 aliphatic carbocycles. The van der Waals surface area contributed by atoms with Crippen LogP contribution in [0.2, 0.25) is 0 Å². The monoisotopic (exact) mass is 637 g/mol. The molecular formula is C45H27N5. The van der Waals surface area contributed by atoms with Crippen LogP contribution in [0.15, 0.2) is 146 Å². The van der Waals surface area contributed by atoms with Crippen molar-refractivity contribution in [2.75, 3.05) is 0 Å². The highest BCUT2D eigenvalue weighted by molar-refractivity contribution is 6.11. The summed E-state index contributed by atoms with van der Waals surface area (Å²) < 4.78 is 4.51. The molecule has 8 aromatic rings. The fourth-order valence-corrected chi connectivity index (χ4v) is 7.58. The van der Waals surface area contributed by atoms with Crippen LogP contribution in [-0.4, -0.2) is 9.13 Å². The molecule has 2 heterocycles. The van der Waals surface area contributed by atoms with E-state index in [0.29, 0.717) is 16.7 Å². The number of aromatic nitrogens is 2. The molecule has 0 fully saturated rings. The minimum Gasteiger partial charge on any atom is -0.310 e. The van der Waals surface area contributed by atoms with Crippen LogP contribution in [0.1, 0.15) is 34.6 Å². The van der Waals surface area contributed by atoms with Gasteiger partial charge in [-0.05, 0) is 84.3 Å². The predicted molar refractivity (Wildman–Crippen MR) is 201 cm³/mol. The zero-order chi connectivity index (χ0) is 33.8.